The molecule has 0 bridgehead atoms. The Kier molecular flexibility index (Phi) is 4.03. The highest BCUT2D eigenvalue weighted by Crippen LogP contribution is 2.28. The molecule has 110 valence electrons. The minimum Gasteiger partial charge on any atom is -0.481 e. The normalized spacial score (nSPS) is 21.6. The van der Waals surface area contributed by atoms with E-state index < -0.39 is 10.9 Å². The monoisotopic (exact) mass is 290 g/mol. The number of piperidine rings is 1. The summed E-state index contributed by atoms with van der Waals surface area (Å²) in [4.78, 5) is 27.1. The maximum atomic E-state index is 11.0. The molecular formula is C13H14N4O4. The summed E-state index contributed by atoms with van der Waals surface area (Å²) in [5, 5.41) is 28.8. The molecule has 1 aromatic rings. The van der Waals surface area contributed by atoms with Gasteiger partial charge in [0.2, 0.25) is 5.69 Å². The number of hydrogen-bond acceptors (Lipinski definition) is 6. The Morgan fingerprint density at radius 3 is 2.86 bits per heavy atom. The van der Waals surface area contributed by atoms with E-state index in [1.54, 1.807) is 6.07 Å². The third-order valence-electron chi connectivity index (χ3n) is 3.68. The second-order valence-electron chi connectivity index (χ2n) is 5.01. The average molecular weight is 290 g/mol. The second kappa shape index (κ2) is 5.75. The number of rotatable bonds is 3. The number of nitro groups is 1. The number of nitriles is 1. The lowest BCUT2D eigenvalue weighted by Gasteiger charge is -2.37. The molecule has 0 spiro atoms. The summed E-state index contributed by atoms with van der Waals surface area (Å²) in [6.07, 6.45) is 0.968. The van der Waals surface area contributed by atoms with Crippen LogP contribution in [0.4, 0.5) is 11.5 Å². The van der Waals surface area contributed by atoms with Gasteiger partial charge in [-0.05, 0) is 25.8 Å². The molecule has 0 radical (unpaired) electrons. The fourth-order valence-electron chi connectivity index (χ4n) is 2.57. The molecule has 21 heavy (non-hydrogen) atoms. The van der Waals surface area contributed by atoms with E-state index in [9.17, 15) is 14.9 Å². The lowest BCUT2D eigenvalue weighted by atomic mass is 9.92. The molecule has 0 aromatic carbocycles. The maximum Gasteiger partial charge on any atom is 0.306 e. The van der Waals surface area contributed by atoms with Crippen LogP contribution in [0.2, 0.25) is 0 Å². The van der Waals surface area contributed by atoms with Crippen molar-refractivity contribution in [1.29, 1.82) is 5.26 Å². The van der Waals surface area contributed by atoms with E-state index in [0.29, 0.717) is 25.2 Å². The van der Waals surface area contributed by atoms with Gasteiger partial charge in [0.05, 0.1) is 10.8 Å². The lowest BCUT2D eigenvalue weighted by Crippen LogP contribution is -2.43. The van der Waals surface area contributed by atoms with E-state index in [4.69, 9.17) is 10.4 Å². The zero-order valence-corrected chi connectivity index (χ0v) is 11.4. The lowest BCUT2D eigenvalue weighted by molar-refractivity contribution is -0.385. The number of carboxylic acids is 1. The summed E-state index contributed by atoms with van der Waals surface area (Å²) >= 11 is 0. The van der Waals surface area contributed by atoms with Crippen molar-refractivity contribution in [3.05, 3.63) is 27.9 Å². The summed E-state index contributed by atoms with van der Waals surface area (Å²) < 4.78 is 0. The van der Waals surface area contributed by atoms with Crippen molar-refractivity contribution in [3.63, 3.8) is 0 Å². The molecule has 1 aliphatic rings. The van der Waals surface area contributed by atoms with Crippen LogP contribution in [0.15, 0.2) is 12.1 Å². The Balaban J connectivity index is 2.25. The highest BCUT2D eigenvalue weighted by Gasteiger charge is 2.31. The van der Waals surface area contributed by atoms with Crippen molar-refractivity contribution in [2.75, 3.05) is 11.4 Å². The van der Waals surface area contributed by atoms with E-state index in [2.05, 4.69) is 4.98 Å². The Labute approximate surface area is 120 Å². The number of aliphatic carboxylic acids is 1. The van der Waals surface area contributed by atoms with Crippen LogP contribution in [-0.2, 0) is 4.79 Å². The number of hydrogen-bond donors (Lipinski definition) is 1. The molecule has 2 rings (SSSR count). The molecule has 1 N–H and O–H groups in total. The molecule has 0 saturated carbocycles. The maximum absolute atomic E-state index is 11.0. The number of pyridine rings is 1. The first kappa shape index (κ1) is 14.7. The van der Waals surface area contributed by atoms with Crippen molar-refractivity contribution < 1.29 is 14.8 Å². The molecule has 1 aliphatic heterocycles. The quantitative estimate of drug-likeness (QED) is 0.662. The Bertz CT molecular complexity index is 625. The summed E-state index contributed by atoms with van der Waals surface area (Å²) in [6.45, 7) is 2.37. The Morgan fingerprint density at radius 2 is 2.33 bits per heavy atom. The van der Waals surface area contributed by atoms with Crippen LogP contribution in [0.1, 0.15) is 25.5 Å². The van der Waals surface area contributed by atoms with Crippen molar-refractivity contribution in [2.24, 2.45) is 5.92 Å². The first-order valence-corrected chi connectivity index (χ1v) is 6.49. The number of nitrogens with zero attached hydrogens (tertiary/aromatic N) is 4. The van der Waals surface area contributed by atoms with Crippen LogP contribution in [-0.4, -0.2) is 33.6 Å². The third-order valence-corrected chi connectivity index (χ3v) is 3.68. The topological polar surface area (TPSA) is 120 Å². The first-order chi connectivity index (χ1) is 9.93. The molecular weight excluding hydrogens is 276 g/mol. The van der Waals surface area contributed by atoms with Crippen LogP contribution in [0.25, 0.3) is 0 Å². The minimum atomic E-state index is -0.809. The van der Waals surface area contributed by atoms with Gasteiger partial charge in [-0.2, -0.15) is 5.26 Å². The zero-order valence-electron chi connectivity index (χ0n) is 11.4. The van der Waals surface area contributed by atoms with Gasteiger partial charge in [0, 0.05) is 18.7 Å². The van der Waals surface area contributed by atoms with Crippen LogP contribution >= 0.6 is 0 Å². The van der Waals surface area contributed by atoms with E-state index >= 15 is 0 Å². The molecule has 2 unspecified atom stereocenters. The summed E-state index contributed by atoms with van der Waals surface area (Å²) in [7, 11) is 0. The molecule has 1 fully saturated rings. The zero-order chi connectivity index (χ0) is 15.6. The largest absolute Gasteiger partial charge is 0.481 e. The summed E-state index contributed by atoms with van der Waals surface area (Å²) in [6, 6.07) is 4.43. The molecule has 1 saturated heterocycles. The number of carbonyl (C=O) groups is 1. The second-order valence-corrected chi connectivity index (χ2v) is 5.01. The van der Waals surface area contributed by atoms with Gasteiger partial charge < -0.3 is 10.0 Å². The van der Waals surface area contributed by atoms with Crippen molar-refractivity contribution in [2.45, 2.75) is 25.8 Å². The average Bonchev–Trinajstić information content (AvgIpc) is 2.46. The molecule has 8 nitrogen and oxygen atoms in total. The van der Waals surface area contributed by atoms with Gasteiger partial charge in [-0.1, -0.05) is 0 Å². The van der Waals surface area contributed by atoms with Crippen LogP contribution in [0, 0.1) is 27.4 Å². The van der Waals surface area contributed by atoms with E-state index in [0.717, 1.165) is 0 Å². The fourth-order valence-corrected chi connectivity index (χ4v) is 2.57. The third kappa shape index (κ3) is 2.91. The van der Waals surface area contributed by atoms with E-state index in [-0.39, 0.29) is 23.3 Å². The number of anilines is 1. The Morgan fingerprint density at radius 1 is 1.62 bits per heavy atom. The van der Waals surface area contributed by atoms with E-state index in [1.165, 1.54) is 12.1 Å². The minimum absolute atomic E-state index is 0.0552. The fraction of sp³-hybridized carbons (Fsp3) is 0.462. The van der Waals surface area contributed by atoms with Crippen LogP contribution < -0.4 is 4.90 Å². The van der Waals surface area contributed by atoms with E-state index in [1.807, 2.05) is 11.8 Å². The predicted octanol–water partition coefficient (Wildman–Crippen LogP) is 1.55. The molecule has 0 amide bonds. The molecule has 0 aliphatic carbocycles. The molecule has 1 aromatic heterocycles. The van der Waals surface area contributed by atoms with Gasteiger partial charge in [0.1, 0.15) is 11.9 Å². The number of aromatic nitrogens is 1. The highest BCUT2D eigenvalue weighted by atomic mass is 16.6. The van der Waals surface area contributed by atoms with Crippen LogP contribution in [0.3, 0.4) is 0 Å². The Hall–Kier alpha value is -2.69. The van der Waals surface area contributed by atoms with Gasteiger partial charge >= 0.3 is 11.7 Å². The smallest absolute Gasteiger partial charge is 0.306 e. The van der Waals surface area contributed by atoms with Crippen molar-refractivity contribution >= 4 is 17.5 Å². The molecule has 2 heterocycles. The number of carboxylic acid groups (broad SMARTS) is 1. The molecule has 8 heteroatoms. The van der Waals surface area contributed by atoms with Gasteiger partial charge in [0.15, 0.2) is 0 Å². The summed E-state index contributed by atoms with van der Waals surface area (Å²) in [5.74, 6) is -0.728. The van der Waals surface area contributed by atoms with Crippen molar-refractivity contribution in [1.82, 2.24) is 4.98 Å². The first-order valence-electron chi connectivity index (χ1n) is 6.49. The SMILES string of the molecule is CC1CC(C(=O)O)CCN1c1ccc([N+](=O)[O-])c(C#N)n1. The van der Waals surface area contributed by atoms with Crippen molar-refractivity contribution in [3.8, 4) is 6.07 Å². The standard InChI is InChI=1S/C13H14N4O4/c1-8-6-9(13(18)19)4-5-16(8)12-3-2-11(17(20)21)10(7-14)15-12/h2-3,8-9H,4-6H2,1H3,(H,18,19). The predicted molar refractivity (Wildman–Crippen MR) is 72.8 cm³/mol. The van der Waals surface area contributed by atoms with Crippen LogP contribution in [0.5, 0.6) is 0 Å². The van der Waals surface area contributed by atoms with Gasteiger partial charge in [-0.25, -0.2) is 4.98 Å². The molecule has 2 atom stereocenters. The summed E-state index contributed by atoms with van der Waals surface area (Å²) in [5.41, 5.74) is -0.556. The van der Waals surface area contributed by atoms with Gasteiger partial charge in [-0.3, -0.25) is 14.9 Å². The highest BCUT2D eigenvalue weighted by molar-refractivity contribution is 5.70. The van der Waals surface area contributed by atoms with Gasteiger partial charge in [-0.15, -0.1) is 0 Å². The van der Waals surface area contributed by atoms with Gasteiger partial charge in [0.25, 0.3) is 0 Å².